The Kier molecular flexibility index (Phi) is 5.50. The molecule has 1 unspecified atom stereocenters. The average Bonchev–Trinajstić information content (AvgIpc) is 3.01. The van der Waals surface area contributed by atoms with Crippen molar-refractivity contribution in [2.24, 2.45) is 5.92 Å². The molecule has 1 nitrogen and oxygen atoms in total. The number of hydrogen-bond donors (Lipinski definition) is 1. The second kappa shape index (κ2) is 7.78. The molecule has 0 amide bonds. The van der Waals surface area contributed by atoms with Crippen LogP contribution in [0, 0.1) is 5.92 Å². The first kappa shape index (κ1) is 15.6. The van der Waals surface area contributed by atoms with Crippen LogP contribution >= 0.6 is 0 Å². The normalized spacial score (nSPS) is 18.0. The van der Waals surface area contributed by atoms with Crippen LogP contribution in [-0.4, -0.2) is 26.7 Å². The Labute approximate surface area is 139 Å². The van der Waals surface area contributed by atoms with Crippen LogP contribution in [0.15, 0.2) is 60.7 Å². The van der Waals surface area contributed by atoms with Gasteiger partial charge in [0.2, 0.25) is 0 Å². The van der Waals surface area contributed by atoms with Gasteiger partial charge in [-0.3, -0.25) is 0 Å². The average molecular weight is 357 g/mol. The molecule has 0 aromatic heterocycles. The number of unbranched alkanes of at least 4 members (excludes halogenated alkanes) is 1. The number of allylic oxidation sites excluding steroid dienone is 1. The Balaban J connectivity index is 1.96. The van der Waals surface area contributed by atoms with E-state index in [4.69, 9.17) is 5.11 Å². The fourth-order valence-electron chi connectivity index (χ4n) is 3.07. The molecule has 0 fully saturated rings. The Morgan fingerprint density at radius 3 is 2.14 bits per heavy atom. The fraction of sp³-hybridized carbons (Fsp3) is 0.300. The van der Waals surface area contributed by atoms with E-state index in [0.717, 1.165) is 12.8 Å². The molecule has 0 spiro atoms. The monoisotopic (exact) mass is 358 g/mol. The van der Waals surface area contributed by atoms with Crippen molar-refractivity contribution in [1.82, 2.24) is 0 Å². The molecule has 0 saturated carbocycles. The van der Waals surface area contributed by atoms with E-state index in [1.54, 1.807) is 10.0 Å². The maximum absolute atomic E-state index is 9.05. The van der Waals surface area contributed by atoms with Crippen LogP contribution in [0.2, 0.25) is 5.32 Å². The van der Waals surface area contributed by atoms with Crippen molar-refractivity contribution in [2.45, 2.75) is 24.6 Å². The third-order valence-electron chi connectivity index (χ3n) is 4.16. The number of hydrogen-bond acceptors (Lipinski definition) is 1. The van der Waals surface area contributed by atoms with E-state index in [-0.39, 0.29) is 0 Å². The van der Waals surface area contributed by atoms with E-state index in [0.29, 0.717) is 27.5 Å². The van der Waals surface area contributed by atoms with Gasteiger partial charge in [0.05, 0.1) is 0 Å². The zero-order valence-electron chi connectivity index (χ0n) is 12.7. The zero-order chi connectivity index (χ0) is 15.2. The van der Waals surface area contributed by atoms with Crippen molar-refractivity contribution in [3.63, 3.8) is 0 Å². The first-order valence-electron chi connectivity index (χ1n) is 7.99. The molecule has 1 N–H and O–H groups in total. The second-order valence-corrected chi connectivity index (χ2v) is 7.86. The Morgan fingerprint density at radius 2 is 1.50 bits per heavy atom. The second-order valence-electron chi connectivity index (χ2n) is 5.70. The summed E-state index contributed by atoms with van der Waals surface area (Å²) in [5, 5.41) is 10.3. The van der Waals surface area contributed by atoms with E-state index >= 15 is 0 Å². The first-order chi connectivity index (χ1) is 10.9. The molecule has 1 heterocycles. The summed E-state index contributed by atoms with van der Waals surface area (Å²) in [6.07, 6.45) is 3.24. The number of rotatable bonds is 6. The molecule has 2 heteroatoms. The van der Waals surface area contributed by atoms with Crippen LogP contribution in [0.5, 0.6) is 0 Å². The van der Waals surface area contributed by atoms with Crippen molar-refractivity contribution in [3.8, 4) is 0 Å². The summed E-state index contributed by atoms with van der Waals surface area (Å²) in [7, 11) is 0. The van der Waals surface area contributed by atoms with Crippen LogP contribution in [0.1, 0.15) is 30.4 Å². The predicted octanol–water partition coefficient (Wildman–Crippen LogP) is 4.47. The van der Waals surface area contributed by atoms with Gasteiger partial charge >= 0.3 is 139 Å². The fourth-order valence-corrected chi connectivity index (χ4v) is 6.10. The molecular weight excluding hydrogens is 335 g/mol. The van der Waals surface area contributed by atoms with E-state index in [1.165, 1.54) is 22.9 Å². The van der Waals surface area contributed by atoms with Crippen molar-refractivity contribution in [2.75, 3.05) is 6.61 Å². The molecule has 0 bridgehead atoms. The van der Waals surface area contributed by atoms with Crippen molar-refractivity contribution in [3.05, 3.63) is 71.8 Å². The standard InChI is InChI=1S/C20H22OSe/c21-14-8-7-13-18-15-22-20(17-11-5-2-6-12-17)19(18)16-9-3-1-4-10-16/h1-6,9-12,18,21H,7-8,13-15H2. The minimum atomic E-state index is 0.313. The predicted molar refractivity (Wildman–Crippen MR) is 94.7 cm³/mol. The maximum atomic E-state index is 9.05. The SMILES string of the molecule is OCCCCC1C[Se]C(c2ccccc2)=C1c1ccccc1. The molecule has 114 valence electrons. The van der Waals surface area contributed by atoms with Crippen LogP contribution in [0.4, 0.5) is 0 Å². The molecule has 2 aromatic carbocycles. The van der Waals surface area contributed by atoms with Crippen LogP contribution < -0.4 is 0 Å². The molecule has 1 aliphatic rings. The van der Waals surface area contributed by atoms with E-state index in [9.17, 15) is 0 Å². The van der Waals surface area contributed by atoms with Crippen molar-refractivity contribution < 1.29 is 5.11 Å². The molecule has 3 rings (SSSR count). The van der Waals surface area contributed by atoms with Crippen molar-refractivity contribution >= 4 is 25.0 Å². The zero-order valence-corrected chi connectivity index (χ0v) is 14.5. The Bertz CT molecular complexity index is 619. The van der Waals surface area contributed by atoms with Gasteiger partial charge in [-0.15, -0.1) is 0 Å². The Morgan fingerprint density at radius 1 is 0.864 bits per heavy atom. The summed E-state index contributed by atoms with van der Waals surface area (Å²) < 4.78 is 1.58. The van der Waals surface area contributed by atoms with Gasteiger partial charge < -0.3 is 0 Å². The van der Waals surface area contributed by atoms with Crippen LogP contribution in [0.3, 0.4) is 0 Å². The van der Waals surface area contributed by atoms with Gasteiger partial charge in [0, 0.05) is 0 Å². The van der Waals surface area contributed by atoms with E-state index in [2.05, 4.69) is 60.7 Å². The van der Waals surface area contributed by atoms with Gasteiger partial charge in [-0.25, -0.2) is 0 Å². The quantitative estimate of drug-likeness (QED) is 0.597. The van der Waals surface area contributed by atoms with Gasteiger partial charge in [-0.2, -0.15) is 0 Å². The number of aliphatic hydroxyl groups excluding tert-OH is 1. The molecule has 1 aliphatic heterocycles. The topological polar surface area (TPSA) is 20.2 Å². The molecule has 22 heavy (non-hydrogen) atoms. The van der Waals surface area contributed by atoms with E-state index in [1.807, 2.05) is 0 Å². The van der Waals surface area contributed by atoms with Gasteiger partial charge in [-0.05, 0) is 0 Å². The van der Waals surface area contributed by atoms with Crippen LogP contribution in [0.25, 0.3) is 10.0 Å². The Hall–Kier alpha value is -1.34. The first-order valence-corrected chi connectivity index (χ1v) is 10.1. The summed E-state index contributed by atoms with van der Waals surface area (Å²) in [5.41, 5.74) is 4.34. The number of benzene rings is 2. The summed E-state index contributed by atoms with van der Waals surface area (Å²) in [4.78, 5) is 0. The summed E-state index contributed by atoms with van der Waals surface area (Å²) >= 11 is 0.552. The molecule has 0 aliphatic carbocycles. The van der Waals surface area contributed by atoms with Gasteiger partial charge in [0.15, 0.2) is 0 Å². The summed E-state index contributed by atoms with van der Waals surface area (Å²) in [6.45, 7) is 0.313. The van der Waals surface area contributed by atoms with Gasteiger partial charge in [0.25, 0.3) is 0 Å². The van der Waals surface area contributed by atoms with Crippen LogP contribution in [-0.2, 0) is 0 Å². The van der Waals surface area contributed by atoms with E-state index < -0.39 is 0 Å². The summed E-state index contributed by atoms with van der Waals surface area (Å²) in [5.74, 6) is 0.657. The molecular formula is C20H22OSe. The molecule has 0 saturated heterocycles. The molecule has 2 aromatic rings. The third-order valence-corrected chi connectivity index (χ3v) is 6.92. The number of aliphatic hydroxyl groups is 1. The molecule has 0 radical (unpaired) electrons. The van der Waals surface area contributed by atoms with Gasteiger partial charge in [-0.1, -0.05) is 0 Å². The minimum absolute atomic E-state index is 0.313. The van der Waals surface area contributed by atoms with Gasteiger partial charge in [0.1, 0.15) is 0 Å². The summed E-state index contributed by atoms with van der Waals surface area (Å²) in [6, 6.07) is 21.7. The molecule has 1 atom stereocenters. The van der Waals surface area contributed by atoms with Crippen molar-refractivity contribution in [1.29, 1.82) is 0 Å². The third kappa shape index (κ3) is 3.52.